The minimum absolute atomic E-state index is 0.221. The number of aromatic carboxylic acids is 1. The number of carboxylic acid groups (broad SMARTS) is 1. The highest BCUT2D eigenvalue weighted by molar-refractivity contribution is 6.10. The number of carboxylic acids is 1. The van der Waals surface area contributed by atoms with E-state index in [0.29, 0.717) is 27.9 Å². The summed E-state index contributed by atoms with van der Waals surface area (Å²) >= 11 is 0. The number of nitrogen functional groups attached to an aromatic ring is 1. The molecule has 0 bridgehead atoms. The van der Waals surface area contributed by atoms with Crippen LogP contribution in [0, 0.1) is 10.1 Å². The van der Waals surface area contributed by atoms with E-state index in [9.17, 15) is 20.0 Å². The van der Waals surface area contributed by atoms with E-state index >= 15 is 0 Å². The fourth-order valence-electron chi connectivity index (χ4n) is 3.91. The molecule has 1 aliphatic heterocycles. The second-order valence-electron chi connectivity index (χ2n) is 8.09. The Bertz CT molecular complexity index is 1480. The summed E-state index contributed by atoms with van der Waals surface area (Å²) in [6.45, 7) is 0. The number of rotatable bonds is 4. The Labute approximate surface area is 189 Å². The number of nitrogens with two attached hydrogens (primary N) is 1. The second kappa shape index (κ2) is 7.94. The zero-order chi connectivity index (χ0) is 24.0. The maximum Gasteiger partial charge on any atom is 0.292 e. The second-order valence-corrected chi connectivity index (χ2v) is 8.09. The van der Waals surface area contributed by atoms with E-state index in [2.05, 4.69) is 0 Å². The third kappa shape index (κ3) is 3.63. The van der Waals surface area contributed by atoms with Crippen molar-refractivity contribution in [3.05, 3.63) is 69.6 Å². The van der Waals surface area contributed by atoms with Gasteiger partial charge in [-0.1, -0.05) is 0 Å². The minimum Gasteiger partial charge on any atom is -0.545 e. The van der Waals surface area contributed by atoms with E-state index in [4.69, 9.17) is 10.2 Å². The number of nitro benzene ring substituents is 1. The summed E-state index contributed by atoms with van der Waals surface area (Å²) < 4.78 is 8.15. The monoisotopic (exact) mass is 446 g/mol. The van der Waals surface area contributed by atoms with Crippen LogP contribution in [0.1, 0.15) is 10.4 Å². The Morgan fingerprint density at radius 1 is 1.03 bits per heavy atom. The summed E-state index contributed by atoms with van der Waals surface area (Å²) in [6.07, 6.45) is 0. The molecule has 0 fully saturated rings. The van der Waals surface area contributed by atoms with Crippen molar-refractivity contribution in [2.45, 2.75) is 0 Å². The fourth-order valence-corrected chi connectivity index (χ4v) is 3.91. The summed E-state index contributed by atoms with van der Waals surface area (Å²) in [6, 6.07) is 13.7. The SMILES string of the molecule is CN(C)c1ccc2c(-c3ccc([N+](=O)[O-])c(N)c3C(=O)[O-])c3ccc(=[N+](C)C)cc-3oc2c1. The van der Waals surface area contributed by atoms with Gasteiger partial charge in [0.05, 0.1) is 17.0 Å². The maximum absolute atomic E-state index is 12.1. The molecule has 0 amide bonds. The molecule has 0 saturated carbocycles. The van der Waals surface area contributed by atoms with Crippen LogP contribution in [-0.2, 0) is 0 Å². The number of nitrogens with zero attached hydrogens (tertiary/aromatic N) is 3. The molecule has 9 nitrogen and oxygen atoms in total. The van der Waals surface area contributed by atoms with E-state index in [1.54, 1.807) is 0 Å². The number of fused-ring (bicyclic) bond motifs is 2. The largest absolute Gasteiger partial charge is 0.545 e. The van der Waals surface area contributed by atoms with Gasteiger partial charge in [0.2, 0.25) is 5.36 Å². The van der Waals surface area contributed by atoms with Crippen molar-refractivity contribution in [2.75, 3.05) is 38.8 Å². The molecular formula is C24H22N4O5. The van der Waals surface area contributed by atoms with Gasteiger partial charge >= 0.3 is 0 Å². The Hall–Kier alpha value is -4.40. The Morgan fingerprint density at radius 2 is 1.73 bits per heavy atom. The summed E-state index contributed by atoms with van der Waals surface area (Å²) in [5, 5.41) is 25.0. The lowest BCUT2D eigenvalue weighted by atomic mass is 9.89. The highest BCUT2D eigenvalue weighted by Gasteiger charge is 2.25. The van der Waals surface area contributed by atoms with Gasteiger partial charge < -0.3 is 25.0 Å². The standard InChI is InChI=1S/C24H22N4O5/c1-26(2)13-5-7-15-19(11-13)33-20-12-14(27(3)4)6-8-16(20)21(15)17-9-10-18(28(31)32)23(25)22(17)24(29)30/h5-12H,25H2,1-4H3. The molecule has 0 aromatic heterocycles. The van der Waals surface area contributed by atoms with Gasteiger partial charge in [-0.25, -0.2) is 4.58 Å². The lowest BCUT2D eigenvalue weighted by molar-refractivity contribution is -0.384. The van der Waals surface area contributed by atoms with E-state index in [0.717, 1.165) is 11.0 Å². The molecule has 2 aromatic carbocycles. The van der Waals surface area contributed by atoms with Gasteiger partial charge in [-0.3, -0.25) is 10.1 Å². The number of hydrogen-bond donors (Lipinski definition) is 1. The molecule has 0 spiro atoms. The number of hydrogen-bond acceptors (Lipinski definition) is 7. The van der Waals surface area contributed by atoms with Crippen molar-refractivity contribution >= 4 is 34.0 Å². The van der Waals surface area contributed by atoms with Crippen LogP contribution >= 0.6 is 0 Å². The Balaban J connectivity index is 2.21. The van der Waals surface area contributed by atoms with Crippen molar-refractivity contribution in [3.63, 3.8) is 0 Å². The van der Waals surface area contributed by atoms with Crippen LogP contribution in [0.25, 0.3) is 33.4 Å². The smallest absolute Gasteiger partial charge is 0.292 e. The van der Waals surface area contributed by atoms with Crippen LogP contribution < -0.4 is 25.7 Å². The molecule has 1 heterocycles. The van der Waals surface area contributed by atoms with Crippen LogP contribution in [0.4, 0.5) is 17.1 Å². The molecule has 0 saturated heterocycles. The zero-order valence-electron chi connectivity index (χ0n) is 18.6. The summed E-state index contributed by atoms with van der Waals surface area (Å²) in [7, 11) is 7.61. The van der Waals surface area contributed by atoms with Crippen molar-refractivity contribution in [2.24, 2.45) is 0 Å². The first kappa shape index (κ1) is 21.8. The van der Waals surface area contributed by atoms with Crippen LogP contribution in [0.2, 0.25) is 0 Å². The van der Waals surface area contributed by atoms with Crippen LogP contribution in [0.3, 0.4) is 0 Å². The third-order valence-corrected chi connectivity index (χ3v) is 5.61. The highest BCUT2D eigenvalue weighted by atomic mass is 16.6. The number of carbonyl (C=O) groups excluding carboxylic acids is 1. The molecule has 0 radical (unpaired) electrons. The zero-order valence-corrected chi connectivity index (χ0v) is 18.6. The first-order valence-electron chi connectivity index (χ1n) is 10.1. The molecule has 33 heavy (non-hydrogen) atoms. The van der Waals surface area contributed by atoms with Crippen molar-refractivity contribution in [3.8, 4) is 22.5 Å². The van der Waals surface area contributed by atoms with Gasteiger partial charge in [-0.2, -0.15) is 0 Å². The number of carbonyl (C=O) groups is 1. The molecule has 4 rings (SSSR count). The van der Waals surface area contributed by atoms with Gasteiger partial charge in [0.15, 0.2) is 0 Å². The fraction of sp³-hybridized carbons (Fsp3) is 0.167. The van der Waals surface area contributed by atoms with Crippen molar-refractivity contribution in [1.82, 2.24) is 4.58 Å². The van der Waals surface area contributed by atoms with E-state index in [1.807, 2.05) is 74.1 Å². The van der Waals surface area contributed by atoms with E-state index in [-0.39, 0.29) is 5.56 Å². The first-order chi connectivity index (χ1) is 15.6. The quantitative estimate of drug-likeness (QED) is 0.167. The molecule has 0 unspecified atom stereocenters. The normalized spacial score (nSPS) is 11.0. The van der Waals surface area contributed by atoms with E-state index < -0.39 is 27.8 Å². The van der Waals surface area contributed by atoms with Crippen molar-refractivity contribution < 1.29 is 19.2 Å². The molecular weight excluding hydrogens is 424 g/mol. The third-order valence-electron chi connectivity index (χ3n) is 5.61. The number of benzene rings is 3. The van der Waals surface area contributed by atoms with Crippen LogP contribution in [0.15, 0.2) is 52.9 Å². The average Bonchev–Trinajstić information content (AvgIpc) is 2.75. The predicted molar refractivity (Wildman–Crippen MR) is 125 cm³/mol. The Kier molecular flexibility index (Phi) is 5.25. The van der Waals surface area contributed by atoms with E-state index in [1.165, 1.54) is 12.1 Å². The van der Waals surface area contributed by atoms with Gasteiger partial charge in [0.25, 0.3) is 5.69 Å². The van der Waals surface area contributed by atoms with Gasteiger partial charge in [-0.15, -0.1) is 0 Å². The Morgan fingerprint density at radius 3 is 2.33 bits per heavy atom. The van der Waals surface area contributed by atoms with Gasteiger partial charge in [0.1, 0.15) is 31.1 Å². The van der Waals surface area contributed by atoms with Gasteiger partial charge in [0, 0.05) is 60.1 Å². The summed E-state index contributed by atoms with van der Waals surface area (Å²) in [5.41, 5.74) is 7.40. The summed E-state index contributed by atoms with van der Waals surface area (Å²) in [5.74, 6) is -1.07. The topological polar surface area (TPSA) is 129 Å². The lowest BCUT2D eigenvalue weighted by Gasteiger charge is -2.20. The number of anilines is 2. The maximum atomic E-state index is 12.1. The molecule has 2 aromatic rings. The molecule has 2 aliphatic rings. The molecule has 0 atom stereocenters. The lowest BCUT2D eigenvalue weighted by Crippen LogP contribution is -2.25. The minimum atomic E-state index is -1.59. The molecule has 9 heteroatoms. The highest BCUT2D eigenvalue weighted by Crippen LogP contribution is 2.44. The van der Waals surface area contributed by atoms with Crippen molar-refractivity contribution in [1.29, 1.82) is 0 Å². The van der Waals surface area contributed by atoms with Crippen LogP contribution in [0.5, 0.6) is 0 Å². The van der Waals surface area contributed by atoms with Crippen LogP contribution in [-0.4, -0.2) is 39.1 Å². The predicted octanol–water partition coefficient (Wildman–Crippen LogP) is 2.16. The molecule has 1 aliphatic carbocycles. The molecule has 168 valence electrons. The molecule has 2 N–H and O–H groups in total. The first-order valence-corrected chi connectivity index (χ1v) is 10.1. The van der Waals surface area contributed by atoms with Gasteiger partial charge in [-0.05, 0) is 29.8 Å². The number of nitro groups is 1. The summed E-state index contributed by atoms with van der Waals surface area (Å²) in [4.78, 5) is 24.7. The average molecular weight is 446 g/mol.